The summed E-state index contributed by atoms with van der Waals surface area (Å²) in [7, 11) is -1.97. The van der Waals surface area contributed by atoms with Crippen LogP contribution in [0.3, 0.4) is 0 Å². The lowest BCUT2D eigenvalue weighted by molar-refractivity contribution is -0.136. The van der Waals surface area contributed by atoms with E-state index in [-0.39, 0.29) is 16.8 Å². The molecule has 2 fully saturated rings. The highest BCUT2D eigenvalue weighted by Crippen LogP contribution is 2.21. The number of nitrogens with zero attached hydrogens (tertiary/aromatic N) is 3. The van der Waals surface area contributed by atoms with Gasteiger partial charge in [0.15, 0.2) is 0 Å². The molecule has 1 amide bonds. The zero-order chi connectivity index (χ0) is 20.1. The molecular weight excluding hydrogens is 378 g/mol. The molecule has 2 heterocycles. The quantitative estimate of drug-likeness (QED) is 0.742. The molecular formula is C20H31N3O4S. The molecule has 0 aromatic heterocycles. The van der Waals surface area contributed by atoms with Crippen molar-refractivity contribution in [1.29, 1.82) is 0 Å². The Labute approximate surface area is 168 Å². The van der Waals surface area contributed by atoms with Gasteiger partial charge in [0.25, 0.3) is 0 Å². The lowest BCUT2D eigenvalue weighted by atomic mass is 10.2. The van der Waals surface area contributed by atoms with E-state index < -0.39 is 10.0 Å². The summed E-state index contributed by atoms with van der Waals surface area (Å²) in [6, 6.07) is 6.26. The third kappa shape index (κ3) is 4.67. The highest BCUT2D eigenvalue weighted by Gasteiger charge is 2.33. The van der Waals surface area contributed by atoms with Crippen LogP contribution in [0, 0.1) is 0 Å². The minimum Gasteiger partial charge on any atom is -0.497 e. The van der Waals surface area contributed by atoms with E-state index in [9.17, 15) is 13.2 Å². The molecule has 8 heteroatoms. The Bertz CT molecular complexity index is 750. The van der Waals surface area contributed by atoms with Crippen molar-refractivity contribution in [2.45, 2.75) is 43.5 Å². The van der Waals surface area contributed by atoms with E-state index in [1.807, 2.05) is 11.8 Å². The smallest absolute Gasteiger partial charge is 0.243 e. The van der Waals surface area contributed by atoms with Crippen LogP contribution in [0.4, 0.5) is 0 Å². The van der Waals surface area contributed by atoms with E-state index >= 15 is 0 Å². The van der Waals surface area contributed by atoms with Gasteiger partial charge in [0.05, 0.1) is 18.0 Å². The third-order valence-corrected chi connectivity index (χ3v) is 7.71. The predicted octanol–water partition coefficient (Wildman–Crippen LogP) is 1.79. The molecule has 2 aliphatic rings. The van der Waals surface area contributed by atoms with Crippen molar-refractivity contribution >= 4 is 15.9 Å². The molecule has 0 bridgehead atoms. The Morgan fingerprint density at radius 3 is 2.04 bits per heavy atom. The van der Waals surface area contributed by atoms with Gasteiger partial charge in [0.1, 0.15) is 5.75 Å². The van der Waals surface area contributed by atoms with Crippen molar-refractivity contribution in [1.82, 2.24) is 14.1 Å². The number of sulfonamides is 1. The Morgan fingerprint density at radius 2 is 1.50 bits per heavy atom. The highest BCUT2D eigenvalue weighted by atomic mass is 32.2. The summed E-state index contributed by atoms with van der Waals surface area (Å²) in [5.41, 5.74) is 0. The molecule has 28 heavy (non-hydrogen) atoms. The normalized spacial score (nSPS) is 21.1. The molecule has 3 rings (SSSR count). The van der Waals surface area contributed by atoms with E-state index in [1.165, 1.54) is 17.1 Å². The molecule has 0 N–H and O–H groups in total. The molecule has 0 saturated carbocycles. The largest absolute Gasteiger partial charge is 0.497 e. The molecule has 0 aliphatic carbocycles. The van der Waals surface area contributed by atoms with Crippen molar-refractivity contribution < 1.29 is 17.9 Å². The maximum absolute atomic E-state index is 12.9. The molecule has 1 atom stereocenters. The van der Waals surface area contributed by atoms with Gasteiger partial charge < -0.3 is 9.64 Å². The summed E-state index contributed by atoms with van der Waals surface area (Å²) in [4.78, 5) is 17.2. The number of hydrogen-bond donors (Lipinski definition) is 0. The van der Waals surface area contributed by atoms with Gasteiger partial charge in [-0.15, -0.1) is 0 Å². The number of benzene rings is 1. The second-order valence-electron chi connectivity index (χ2n) is 7.53. The first-order chi connectivity index (χ1) is 13.4. The van der Waals surface area contributed by atoms with Crippen LogP contribution in [-0.4, -0.2) is 80.9 Å². The van der Waals surface area contributed by atoms with Gasteiger partial charge in [-0.05, 0) is 44.0 Å². The summed E-state index contributed by atoms with van der Waals surface area (Å²) in [6.07, 6.45) is 4.54. The first-order valence-electron chi connectivity index (χ1n) is 10.1. The van der Waals surface area contributed by atoms with Gasteiger partial charge in [-0.3, -0.25) is 9.69 Å². The van der Waals surface area contributed by atoms with Gasteiger partial charge >= 0.3 is 0 Å². The van der Waals surface area contributed by atoms with Crippen LogP contribution in [-0.2, 0) is 14.8 Å². The number of carbonyl (C=O) groups is 1. The predicted molar refractivity (Wildman–Crippen MR) is 108 cm³/mol. The first-order valence-corrected chi connectivity index (χ1v) is 11.5. The third-order valence-electron chi connectivity index (χ3n) is 5.79. The van der Waals surface area contributed by atoms with Gasteiger partial charge in [-0.2, -0.15) is 4.31 Å². The maximum atomic E-state index is 12.9. The maximum Gasteiger partial charge on any atom is 0.243 e. The lowest BCUT2D eigenvalue weighted by Crippen LogP contribution is -2.55. The lowest BCUT2D eigenvalue weighted by Gasteiger charge is -2.38. The van der Waals surface area contributed by atoms with Crippen LogP contribution in [0.25, 0.3) is 0 Å². The minimum absolute atomic E-state index is 0.174. The molecule has 7 nitrogen and oxygen atoms in total. The topological polar surface area (TPSA) is 70.2 Å². The van der Waals surface area contributed by atoms with Crippen molar-refractivity contribution in [3.8, 4) is 5.75 Å². The van der Waals surface area contributed by atoms with E-state index in [4.69, 9.17) is 4.74 Å². The van der Waals surface area contributed by atoms with E-state index in [0.717, 1.165) is 25.9 Å². The number of methoxy groups -OCH3 is 1. The van der Waals surface area contributed by atoms with Crippen LogP contribution >= 0.6 is 0 Å². The Kier molecular flexibility index (Phi) is 6.95. The summed E-state index contributed by atoms with van der Waals surface area (Å²) in [6.45, 7) is 5.55. The Morgan fingerprint density at radius 1 is 0.929 bits per heavy atom. The second kappa shape index (κ2) is 9.24. The molecule has 156 valence electrons. The van der Waals surface area contributed by atoms with Gasteiger partial charge in [0.2, 0.25) is 15.9 Å². The summed E-state index contributed by atoms with van der Waals surface area (Å²) in [5.74, 6) is 0.804. The molecule has 0 radical (unpaired) electrons. The van der Waals surface area contributed by atoms with Crippen molar-refractivity contribution in [3.05, 3.63) is 24.3 Å². The number of carbonyl (C=O) groups excluding carboxylic acids is 1. The number of piperazine rings is 1. The van der Waals surface area contributed by atoms with Crippen molar-refractivity contribution in [2.75, 3.05) is 46.4 Å². The van der Waals surface area contributed by atoms with Gasteiger partial charge in [-0.25, -0.2) is 8.42 Å². The van der Waals surface area contributed by atoms with Gasteiger partial charge in [-0.1, -0.05) is 12.8 Å². The molecule has 2 saturated heterocycles. The zero-order valence-electron chi connectivity index (χ0n) is 16.8. The van der Waals surface area contributed by atoms with E-state index in [1.54, 1.807) is 31.4 Å². The summed E-state index contributed by atoms with van der Waals surface area (Å²) in [5, 5.41) is 0. The van der Waals surface area contributed by atoms with Crippen LogP contribution in [0.15, 0.2) is 29.2 Å². The van der Waals surface area contributed by atoms with Crippen LogP contribution in [0.1, 0.15) is 32.6 Å². The van der Waals surface area contributed by atoms with Crippen LogP contribution in [0.5, 0.6) is 5.75 Å². The van der Waals surface area contributed by atoms with Crippen molar-refractivity contribution in [3.63, 3.8) is 0 Å². The Balaban J connectivity index is 1.59. The minimum atomic E-state index is -3.53. The van der Waals surface area contributed by atoms with E-state index in [0.29, 0.717) is 31.9 Å². The van der Waals surface area contributed by atoms with Crippen LogP contribution < -0.4 is 4.74 Å². The molecule has 2 aliphatic heterocycles. The summed E-state index contributed by atoms with van der Waals surface area (Å²) >= 11 is 0. The SMILES string of the molecule is COc1ccc(S(=O)(=O)N2CCN([C@H](C)C(=O)N3CCCCCC3)CC2)cc1. The fourth-order valence-corrected chi connectivity index (χ4v) is 5.36. The number of ether oxygens (including phenoxy) is 1. The zero-order valence-corrected chi connectivity index (χ0v) is 17.7. The summed E-state index contributed by atoms with van der Waals surface area (Å²) < 4.78 is 32.4. The second-order valence-corrected chi connectivity index (χ2v) is 9.47. The molecule has 1 aromatic rings. The fourth-order valence-electron chi connectivity index (χ4n) is 3.94. The standard InChI is InChI=1S/C20H31N3O4S/c1-17(20(24)22-11-5-3-4-6-12-22)21-13-15-23(16-14-21)28(25,26)19-9-7-18(27-2)8-10-19/h7-10,17H,3-6,11-16H2,1-2H3/t17-/m1/s1. The average Bonchev–Trinajstić information content (AvgIpc) is 3.02. The number of rotatable bonds is 5. The molecule has 1 aromatic carbocycles. The van der Waals surface area contributed by atoms with Crippen LogP contribution in [0.2, 0.25) is 0 Å². The molecule has 0 unspecified atom stereocenters. The highest BCUT2D eigenvalue weighted by molar-refractivity contribution is 7.89. The monoisotopic (exact) mass is 409 g/mol. The van der Waals surface area contributed by atoms with Gasteiger partial charge in [0, 0.05) is 39.3 Å². The van der Waals surface area contributed by atoms with Crippen molar-refractivity contribution in [2.24, 2.45) is 0 Å². The Hall–Kier alpha value is -1.64. The fraction of sp³-hybridized carbons (Fsp3) is 0.650. The molecule has 0 spiro atoms. The number of amides is 1. The van der Waals surface area contributed by atoms with E-state index in [2.05, 4.69) is 4.90 Å². The first kappa shape index (κ1) is 21.1. The number of likely N-dealkylation sites (tertiary alicyclic amines) is 1. The number of hydrogen-bond acceptors (Lipinski definition) is 5. The average molecular weight is 410 g/mol.